The zero-order valence-corrected chi connectivity index (χ0v) is 14.3. The van der Waals surface area contributed by atoms with Crippen molar-refractivity contribution in [3.05, 3.63) is 26.5 Å². The molecule has 0 unspecified atom stereocenters. The van der Waals surface area contributed by atoms with Crippen LogP contribution in [0.4, 0.5) is 5.82 Å². The molecule has 2 rings (SSSR count). The van der Waals surface area contributed by atoms with E-state index >= 15 is 0 Å². The summed E-state index contributed by atoms with van der Waals surface area (Å²) < 4.78 is 27.1. The van der Waals surface area contributed by atoms with Gasteiger partial charge < -0.3 is 5.11 Å². The van der Waals surface area contributed by atoms with Crippen molar-refractivity contribution in [1.29, 1.82) is 0 Å². The molecule has 0 aliphatic carbocycles. The molecular formula is C11H12BrN3O4S2. The Morgan fingerprint density at radius 2 is 2.14 bits per heavy atom. The van der Waals surface area contributed by atoms with Gasteiger partial charge in [-0.15, -0.1) is 11.3 Å². The van der Waals surface area contributed by atoms with Crippen LogP contribution in [0.25, 0.3) is 0 Å². The van der Waals surface area contributed by atoms with E-state index in [1.54, 1.807) is 6.07 Å². The van der Waals surface area contributed by atoms with Crippen LogP contribution in [-0.4, -0.2) is 29.7 Å². The number of H-pyrrole nitrogens is 1. The van der Waals surface area contributed by atoms with Gasteiger partial charge in [-0.2, -0.15) is 5.10 Å². The molecule has 0 fully saturated rings. The largest absolute Gasteiger partial charge is 0.477 e. The van der Waals surface area contributed by atoms with Gasteiger partial charge in [-0.3, -0.25) is 9.82 Å². The molecule has 3 N–H and O–H groups in total. The molecule has 0 aromatic carbocycles. The number of anilines is 1. The molecule has 0 amide bonds. The summed E-state index contributed by atoms with van der Waals surface area (Å²) in [6.45, 7) is 3.89. The molecule has 0 atom stereocenters. The highest BCUT2D eigenvalue weighted by Gasteiger charge is 2.24. The average Bonchev–Trinajstić information content (AvgIpc) is 2.95. The molecule has 21 heavy (non-hydrogen) atoms. The fraction of sp³-hybridized carbons (Fsp3) is 0.273. The zero-order chi connectivity index (χ0) is 15.8. The number of carbonyl (C=O) groups is 1. The highest BCUT2D eigenvalue weighted by Crippen LogP contribution is 2.32. The van der Waals surface area contributed by atoms with Crippen LogP contribution < -0.4 is 4.72 Å². The van der Waals surface area contributed by atoms with Crippen LogP contribution in [-0.2, 0) is 10.0 Å². The van der Waals surface area contributed by atoms with Crippen LogP contribution in [0.5, 0.6) is 0 Å². The van der Waals surface area contributed by atoms with Crippen LogP contribution in [0, 0.1) is 0 Å². The van der Waals surface area contributed by atoms with Crippen LogP contribution in [0.2, 0.25) is 0 Å². The number of aromatic amines is 1. The zero-order valence-electron chi connectivity index (χ0n) is 11.0. The Hall–Kier alpha value is -1.39. The molecule has 2 aromatic rings. The van der Waals surface area contributed by atoms with Gasteiger partial charge in [-0.25, -0.2) is 13.2 Å². The lowest BCUT2D eigenvalue weighted by atomic mass is 10.1. The van der Waals surface area contributed by atoms with Gasteiger partial charge in [0.05, 0.1) is 3.79 Å². The lowest BCUT2D eigenvalue weighted by Gasteiger charge is -2.03. The topological polar surface area (TPSA) is 112 Å². The van der Waals surface area contributed by atoms with E-state index in [4.69, 9.17) is 5.11 Å². The van der Waals surface area contributed by atoms with E-state index in [0.29, 0.717) is 0 Å². The van der Waals surface area contributed by atoms with E-state index in [-0.39, 0.29) is 25.3 Å². The predicted molar refractivity (Wildman–Crippen MR) is 82.5 cm³/mol. The second-order valence-corrected chi connectivity index (χ2v) is 8.54. The van der Waals surface area contributed by atoms with Gasteiger partial charge in [0.2, 0.25) is 0 Å². The van der Waals surface area contributed by atoms with Crippen LogP contribution in [0.15, 0.2) is 20.8 Å². The number of aromatic nitrogens is 2. The summed E-state index contributed by atoms with van der Waals surface area (Å²) >= 11 is 3.91. The maximum absolute atomic E-state index is 12.3. The third kappa shape index (κ3) is 3.44. The Labute approximate surface area is 133 Å². The highest BCUT2D eigenvalue weighted by molar-refractivity contribution is 9.11. The summed E-state index contributed by atoms with van der Waals surface area (Å²) in [7, 11) is -3.90. The van der Waals surface area contributed by atoms with Crippen molar-refractivity contribution in [3.63, 3.8) is 0 Å². The van der Waals surface area contributed by atoms with Crippen molar-refractivity contribution < 1.29 is 18.3 Å². The number of hydrogen-bond acceptors (Lipinski definition) is 5. The van der Waals surface area contributed by atoms with Gasteiger partial charge in [-0.1, -0.05) is 13.8 Å². The first-order chi connectivity index (χ1) is 9.70. The molecule has 2 heterocycles. The summed E-state index contributed by atoms with van der Waals surface area (Å²) in [5.41, 5.74) is 0.795. The Morgan fingerprint density at radius 3 is 2.62 bits per heavy atom. The highest BCUT2D eigenvalue weighted by atomic mass is 79.9. The summed E-state index contributed by atoms with van der Waals surface area (Å²) in [5.74, 6) is -0.833. The number of nitrogens with zero attached hydrogens (tertiary/aromatic N) is 1. The number of rotatable bonds is 5. The van der Waals surface area contributed by atoms with Gasteiger partial charge in [0.1, 0.15) is 9.77 Å². The average molecular weight is 394 g/mol. The molecular weight excluding hydrogens is 382 g/mol. The molecule has 10 heteroatoms. The molecule has 0 saturated heterocycles. The van der Waals surface area contributed by atoms with E-state index in [9.17, 15) is 13.2 Å². The molecule has 0 radical (unpaired) electrons. The Kier molecular flexibility index (Phi) is 4.40. The number of aromatic carboxylic acids is 1. The van der Waals surface area contributed by atoms with Crippen molar-refractivity contribution in [2.75, 3.05) is 4.72 Å². The lowest BCUT2D eigenvalue weighted by Crippen LogP contribution is -2.13. The molecule has 0 bridgehead atoms. The Bertz CT molecular complexity index is 779. The minimum absolute atomic E-state index is 0.0628. The number of sulfonamides is 1. The van der Waals surface area contributed by atoms with E-state index in [1.807, 2.05) is 13.8 Å². The summed E-state index contributed by atoms with van der Waals surface area (Å²) in [6.07, 6.45) is 0. The smallest absolute Gasteiger partial charge is 0.345 e. The molecule has 0 saturated carbocycles. The van der Waals surface area contributed by atoms with Gasteiger partial charge in [-0.05, 0) is 27.9 Å². The van der Waals surface area contributed by atoms with Gasteiger partial charge in [0.25, 0.3) is 10.0 Å². The summed E-state index contributed by atoms with van der Waals surface area (Å²) in [5, 5.41) is 15.5. The SMILES string of the molecule is CC(C)c1cc(NS(=O)(=O)c2cc(C(=O)O)sc2Br)n[nH]1. The van der Waals surface area contributed by atoms with Gasteiger partial charge in [0.15, 0.2) is 5.82 Å². The Balaban J connectivity index is 2.31. The van der Waals surface area contributed by atoms with E-state index in [1.165, 1.54) is 0 Å². The lowest BCUT2D eigenvalue weighted by molar-refractivity contribution is 0.0702. The maximum atomic E-state index is 12.3. The van der Waals surface area contributed by atoms with E-state index in [0.717, 1.165) is 23.1 Å². The van der Waals surface area contributed by atoms with Crippen LogP contribution >= 0.6 is 27.3 Å². The molecule has 7 nitrogen and oxygen atoms in total. The van der Waals surface area contributed by atoms with Crippen molar-refractivity contribution >= 4 is 49.1 Å². The molecule has 0 aliphatic rings. The number of thiophene rings is 1. The standard InChI is InChI=1S/C11H12BrN3O4S2/c1-5(2)6-3-9(14-13-6)15-21(18,19)8-4-7(11(16)17)20-10(8)12/h3-5H,1-2H3,(H,16,17)(H2,13,14,15). The molecule has 2 aromatic heterocycles. The van der Waals surface area contributed by atoms with Crippen LogP contribution in [0.3, 0.4) is 0 Å². The first-order valence-corrected chi connectivity index (χ1v) is 8.90. The monoisotopic (exact) mass is 393 g/mol. The van der Waals surface area contributed by atoms with E-state index < -0.39 is 16.0 Å². The third-order valence-electron chi connectivity index (χ3n) is 2.61. The summed E-state index contributed by atoms with van der Waals surface area (Å²) in [6, 6.07) is 2.70. The predicted octanol–water partition coefficient (Wildman–Crippen LogP) is 2.86. The fourth-order valence-electron chi connectivity index (χ4n) is 1.52. The second-order valence-electron chi connectivity index (χ2n) is 4.52. The van der Waals surface area contributed by atoms with Crippen molar-refractivity contribution in [3.8, 4) is 0 Å². The quantitative estimate of drug-likeness (QED) is 0.722. The first kappa shape index (κ1) is 16.0. The number of nitrogens with one attached hydrogen (secondary N) is 2. The minimum atomic E-state index is -3.90. The Morgan fingerprint density at radius 1 is 1.48 bits per heavy atom. The van der Waals surface area contributed by atoms with Gasteiger partial charge in [0, 0.05) is 11.8 Å². The van der Waals surface area contributed by atoms with Crippen LogP contribution in [0.1, 0.15) is 35.1 Å². The fourth-order valence-corrected chi connectivity index (χ4v) is 4.91. The molecule has 114 valence electrons. The number of carboxylic acid groups (broad SMARTS) is 1. The normalized spacial score (nSPS) is 11.8. The van der Waals surface area contributed by atoms with Crippen molar-refractivity contribution in [2.24, 2.45) is 0 Å². The number of hydrogen-bond donors (Lipinski definition) is 3. The minimum Gasteiger partial charge on any atom is -0.477 e. The summed E-state index contributed by atoms with van der Waals surface area (Å²) in [4.78, 5) is 10.7. The van der Waals surface area contributed by atoms with Crippen molar-refractivity contribution in [2.45, 2.75) is 24.7 Å². The molecule has 0 aliphatic heterocycles. The van der Waals surface area contributed by atoms with E-state index in [2.05, 4.69) is 30.8 Å². The third-order valence-corrected chi connectivity index (χ3v) is 6.21. The first-order valence-electron chi connectivity index (χ1n) is 5.81. The second kappa shape index (κ2) is 5.78. The molecule has 0 spiro atoms. The van der Waals surface area contributed by atoms with Gasteiger partial charge >= 0.3 is 5.97 Å². The number of halogens is 1. The number of carboxylic acids is 1. The van der Waals surface area contributed by atoms with Crippen molar-refractivity contribution in [1.82, 2.24) is 10.2 Å². The maximum Gasteiger partial charge on any atom is 0.345 e.